The van der Waals surface area contributed by atoms with Crippen molar-refractivity contribution in [2.24, 2.45) is 16.5 Å². The molecule has 3 rings (SSSR count). The van der Waals surface area contributed by atoms with E-state index in [2.05, 4.69) is 31.3 Å². The standard InChI is InChI=1S/C22H28FN5O4S/c1-22(2,3)6-4-7-28-8-5-16(12-28)20(29)17-11-25-14-26-21(17)27-19-10-15(9-18(19)23)13-32-33(24,30)31/h5,8,11-12,14-15,18-19H,7,9-10,13H2,1-3H3,(H2,24,30,31)(H,25,26,27)/t15-,18+,19-/m1/s1. The number of nitrogens with two attached hydrogens (primary N) is 1. The highest BCUT2D eigenvalue weighted by Gasteiger charge is 2.36. The molecule has 0 saturated heterocycles. The molecule has 0 aromatic carbocycles. The number of anilines is 1. The Labute approximate surface area is 193 Å². The maximum atomic E-state index is 14.6. The maximum Gasteiger partial charge on any atom is 0.333 e. The smallest absolute Gasteiger partial charge is 0.333 e. The SMILES string of the molecule is CC(C)(C)C#CCn1ccc(C(=O)c2cncnc2N[C@@H]2C[C@H](COS(N)(=O)=O)C[C@@H]2F)c1. The Morgan fingerprint density at radius 2 is 2.15 bits per heavy atom. The Morgan fingerprint density at radius 1 is 1.39 bits per heavy atom. The molecule has 0 radical (unpaired) electrons. The minimum Gasteiger partial charge on any atom is -0.364 e. The summed E-state index contributed by atoms with van der Waals surface area (Å²) in [6.07, 6.45) is 5.28. The van der Waals surface area contributed by atoms with Gasteiger partial charge in [0.25, 0.3) is 0 Å². The van der Waals surface area contributed by atoms with Gasteiger partial charge in [-0.25, -0.2) is 19.5 Å². The molecule has 0 amide bonds. The summed E-state index contributed by atoms with van der Waals surface area (Å²) in [6, 6.07) is 1.03. The van der Waals surface area contributed by atoms with Crippen LogP contribution in [0.1, 0.15) is 49.5 Å². The first kappa shape index (κ1) is 24.8. The van der Waals surface area contributed by atoms with E-state index in [1.807, 2.05) is 25.3 Å². The van der Waals surface area contributed by atoms with Gasteiger partial charge in [-0.1, -0.05) is 11.8 Å². The summed E-state index contributed by atoms with van der Waals surface area (Å²) in [5, 5.41) is 7.82. The van der Waals surface area contributed by atoms with Crippen molar-refractivity contribution >= 4 is 21.9 Å². The number of halogens is 1. The summed E-state index contributed by atoms with van der Waals surface area (Å²) in [5.74, 6) is 5.82. The normalized spacial score (nSPS) is 20.8. The first-order chi connectivity index (χ1) is 15.4. The van der Waals surface area contributed by atoms with Crippen LogP contribution in [0.15, 0.2) is 31.0 Å². The Kier molecular flexibility index (Phi) is 7.51. The van der Waals surface area contributed by atoms with Crippen LogP contribution < -0.4 is 10.5 Å². The average Bonchev–Trinajstić information content (AvgIpc) is 3.32. The molecule has 0 bridgehead atoms. The zero-order valence-electron chi connectivity index (χ0n) is 18.8. The third-order valence-corrected chi connectivity index (χ3v) is 5.53. The van der Waals surface area contributed by atoms with Crippen LogP contribution in [0, 0.1) is 23.2 Å². The highest BCUT2D eigenvalue weighted by Crippen LogP contribution is 2.31. The summed E-state index contributed by atoms with van der Waals surface area (Å²) in [7, 11) is -4.08. The van der Waals surface area contributed by atoms with Gasteiger partial charge in [-0.2, -0.15) is 8.42 Å². The second kappa shape index (κ2) is 9.99. The van der Waals surface area contributed by atoms with Crippen molar-refractivity contribution in [1.82, 2.24) is 14.5 Å². The lowest BCUT2D eigenvalue weighted by atomic mass is 9.98. The van der Waals surface area contributed by atoms with Gasteiger partial charge in [-0.05, 0) is 45.6 Å². The summed E-state index contributed by atoms with van der Waals surface area (Å²) in [6.45, 7) is 6.33. The highest BCUT2D eigenvalue weighted by atomic mass is 32.2. The molecule has 1 aliphatic carbocycles. The van der Waals surface area contributed by atoms with Crippen molar-refractivity contribution in [3.8, 4) is 11.8 Å². The zero-order valence-corrected chi connectivity index (χ0v) is 19.6. The highest BCUT2D eigenvalue weighted by molar-refractivity contribution is 7.84. The molecule has 3 atom stereocenters. The van der Waals surface area contributed by atoms with E-state index in [0.717, 1.165) is 0 Å². The number of carbonyl (C=O) groups is 1. The van der Waals surface area contributed by atoms with Crippen molar-refractivity contribution in [1.29, 1.82) is 0 Å². The van der Waals surface area contributed by atoms with Crippen LogP contribution in [0.25, 0.3) is 0 Å². The molecule has 33 heavy (non-hydrogen) atoms. The lowest BCUT2D eigenvalue weighted by molar-refractivity contribution is 0.103. The van der Waals surface area contributed by atoms with Gasteiger partial charge < -0.3 is 9.88 Å². The fourth-order valence-electron chi connectivity index (χ4n) is 3.57. The van der Waals surface area contributed by atoms with Crippen LogP contribution in [0.2, 0.25) is 0 Å². The number of aromatic nitrogens is 3. The number of nitrogens with one attached hydrogen (secondary N) is 1. The van der Waals surface area contributed by atoms with Crippen LogP contribution in [-0.4, -0.2) is 47.6 Å². The molecule has 178 valence electrons. The maximum absolute atomic E-state index is 14.6. The molecule has 0 unspecified atom stereocenters. The first-order valence-electron chi connectivity index (χ1n) is 10.5. The number of nitrogens with zero attached hydrogens (tertiary/aromatic N) is 3. The van der Waals surface area contributed by atoms with E-state index in [9.17, 15) is 17.6 Å². The Bertz CT molecular complexity index is 1160. The molecule has 0 aliphatic heterocycles. The minimum atomic E-state index is -4.08. The fourth-order valence-corrected chi connectivity index (χ4v) is 3.96. The molecule has 3 N–H and O–H groups in total. The molecule has 2 heterocycles. The molecule has 1 saturated carbocycles. The van der Waals surface area contributed by atoms with E-state index in [0.29, 0.717) is 18.5 Å². The third-order valence-electron chi connectivity index (χ3n) is 5.07. The predicted octanol–water partition coefficient (Wildman–Crippen LogP) is 2.31. The number of rotatable bonds is 8. The summed E-state index contributed by atoms with van der Waals surface area (Å²) in [5.41, 5.74) is 0.548. The second-order valence-corrected chi connectivity index (χ2v) is 10.3. The van der Waals surface area contributed by atoms with Gasteiger partial charge in [0.15, 0.2) is 5.78 Å². The first-order valence-corrected chi connectivity index (χ1v) is 12.0. The van der Waals surface area contributed by atoms with Crippen LogP contribution in [-0.2, 0) is 21.0 Å². The number of alkyl halides is 1. The second-order valence-electron chi connectivity index (χ2n) is 9.12. The average molecular weight is 478 g/mol. The molecule has 11 heteroatoms. The Morgan fingerprint density at radius 3 is 2.85 bits per heavy atom. The largest absolute Gasteiger partial charge is 0.364 e. The molecule has 9 nitrogen and oxygen atoms in total. The molecule has 2 aromatic rings. The van der Waals surface area contributed by atoms with Crippen molar-refractivity contribution < 1.29 is 21.8 Å². The molecular formula is C22H28FN5O4S. The lowest BCUT2D eigenvalue weighted by Gasteiger charge is -2.17. The van der Waals surface area contributed by atoms with Gasteiger partial charge in [0.1, 0.15) is 18.3 Å². The van der Waals surface area contributed by atoms with E-state index in [1.165, 1.54) is 12.5 Å². The van der Waals surface area contributed by atoms with Crippen LogP contribution in [0.5, 0.6) is 0 Å². The topological polar surface area (TPSA) is 129 Å². The number of carbonyl (C=O) groups excluding carboxylic acids is 1. The predicted molar refractivity (Wildman–Crippen MR) is 121 cm³/mol. The van der Waals surface area contributed by atoms with Crippen molar-refractivity contribution in [3.63, 3.8) is 0 Å². The van der Waals surface area contributed by atoms with E-state index in [-0.39, 0.29) is 41.5 Å². The van der Waals surface area contributed by atoms with E-state index < -0.39 is 22.5 Å². The van der Waals surface area contributed by atoms with Gasteiger partial charge in [-0.15, -0.1) is 0 Å². The third kappa shape index (κ3) is 7.35. The van der Waals surface area contributed by atoms with Crippen molar-refractivity contribution in [2.45, 2.75) is 52.4 Å². The van der Waals surface area contributed by atoms with Gasteiger partial charge in [-0.3, -0.25) is 8.98 Å². The van der Waals surface area contributed by atoms with Gasteiger partial charge in [0, 0.05) is 29.6 Å². The van der Waals surface area contributed by atoms with Crippen molar-refractivity contribution in [2.75, 3.05) is 11.9 Å². The molecule has 2 aromatic heterocycles. The van der Waals surface area contributed by atoms with E-state index in [4.69, 9.17) is 5.14 Å². The Hall–Kier alpha value is -2.81. The van der Waals surface area contributed by atoms with Crippen LogP contribution >= 0.6 is 0 Å². The van der Waals surface area contributed by atoms with Gasteiger partial charge in [0.2, 0.25) is 0 Å². The number of ketones is 1. The van der Waals surface area contributed by atoms with E-state index >= 15 is 0 Å². The summed E-state index contributed by atoms with van der Waals surface area (Å²) < 4.78 is 42.9. The minimum absolute atomic E-state index is 0.105. The van der Waals surface area contributed by atoms with E-state index in [1.54, 1.807) is 18.5 Å². The van der Waals surface area contributed by atoms with Crippen molar-refractivity contribution in [3.05, 3.63) is 42.1 Å². The summed E-state index contributed by atoms with van der Waals surface area (Å²) >= 11 is 0. The lowest BCUT2D eigenvalue weighted by Crippen LogP contribution is -2.27. The van der Waals surface area contributed by atoms with Gasteiger partial charge >= 0.3 is 10.3 Å². The van der Waals surface area contributed by atoms with Gasteiger partial charge in [0.05, 0.1) is 24.8 Å². The summed E-state index contributed by atoms with van der Waals surface area (Å²) in [4.78, 5) is 21.2. The monoisotopic (exact) mass is 477 g/mol. The molecule has 1 fully saturated rings. The molecular weight excluding hydrogens is 449 g/mol. The zero-order chi connectivity index (χ0) is 24.2. The Balaban J connectivity index is 1.69. The quantitative estimate of drug-likeness (QED) is 0.441. The fraction of sp³-hybridized carbons (Fsp3) is 0.500. The number of hydrogen-bond acceptors (Lipinski definition) is 7. The molecule has 0 spiro atoms. The molecule has 1 aliphatic rings. The van der Waals surface area contributed by atoms with Crippen LogP contribution in [0.4, 0.5) is 10.2 Å². The van der Waals surface area contributed by atoms with Crippen LogP contribution in [0.3, 0.4) is 0 Å². The number of hydrogen-bond donors (Lipinski definition) is 2.